The second-order valence-electron chi connectivity index (χ2n) is 4.94. The van der Waals surface area contributed by atoms with Crippen molar-refractivity contribution in [2.24, 2.45) is 5.73 Å². The van der Waals surface area contributed by atoms with Crippen molar-refractivity contribution in [1.29, 1.82) is 0 Å². The van der Waals surface area contributed by atoms with Crippen LogP contribution in [0, 0.1) is 0 Å². The molecule has 0 aromatic heterocycles. The van der Waals surface area contributed by atoms with Crippen molar-refractivity contribution in [1.82, 2.24) is 0 Å². The molecule has 0 bridgehead atoms. The molecule has 0 radical (unpaired) electrons. The van der Waals surface area contributed by atoms with Gasteiger partial charge in [-0.1, -0.05) is 6.92 Å². The molecule has 1 atom stereocenters. The molecule has 1 unspecified atom stereocenters. The number of hydrogen-bond donors (Lipinski definition) is 2. The average molecular weight is 264 g/mol. The molecule has 104 valence electrons. The van der Waals surface area contributed by atoms with Crippen LogP contribution >= 0.6 is 0 Å². The lowest BCUT2D eigenvalue weighted by Gasteiger charge is -2.21. The molecule has 2 rings (SSSR count). The van der Waals surface area contributed by atoms with Crippen LogP contribution in [-0.4, -0.2) is 24.7 Å². The fraction of sp³-hybridized carbons (Fsp3) is 0.500. The fourth-order valence-electron chi connectivity index (χ4n) is 1.68. The molecule has 5 heteroatoms. The summed E-state index contributed by atoms with van der Waals surface area (Å²) in [6.45, 7) is 4.86. The number of nitrogens with two attached hydrogens (primary N) is 1. The first-order valence-electron chi connectivity index (χ1n) is 6.53. The number of ether oxygens (including phenoxy) is 2. The van der Waals surface area contributed by atoms with E-state index < -0.39 is 5.54 Å². The van der Waals surface area contributed by atoms with Gasteiger partial charge in [0.2, 0.25) is 5.91 Å². The minimum Gasteiger partial charge on any atom is -0.490 e. The van der Waals surface area contributed by atoms with Crippen LogP contribution in [0.3, 0.4) is 0 Å². The maximum Gasteiger partial charge on any atom is 0.244 e. The lowest BCUT2D eigenvalue weighted by atomic mass is 9.99. The average Bonchev–Trinajstić information content (AvgIpc) is 2.63. The van der Waals surface area contributed by atoms with Gasteiger partial charge in [0.1, 0.15) is 0 Å². The van der Waals surface area contributed by atoms with Gasteiger partial charge >= 0.3 is 0 Å². The Bertz CT molecular complexity index is 472. The minimum atomic E-state index is -0.871. The van der Waals surface area contributed by atoms with E-state index in [4.69, 9.17) is 15.2 Å². The SMILES string of the molecule is CCC(C)(N)C(=O)Nc1ccc2c(c1)OCCCO2. The van der Waals surface area contributed by atoms with Gasteiger partial charge in [-0.25, -0.2) is 0 Å². The van der Waals surface area contributed by atoms with Gasteiger partial charge in [0.05, 0.1) is 18.8 Å². The van der Waals surface area contributed by atoms with Crippen molar-refractivity contribution in [2.75, 3.05) is 18.5 Å². The van der Waals surface area contributed by atoms with Crippen molar-refractivity contribution in [3.63, 3.8) is 0 Å². The largest absolute Gasteiger partial charge is 0.490 e. The smallest absolute Gasteiger partial charge is 0.244 e. The lowest BCUT2D eigenvalue weighted by molar-refractivity contribution is -0.120. The van der Waals surface area contributed by atoms with Crippen molar-refractivity contribution >= 4 is 11.6 Å². The molecule has 1 aliphatic heterocycles. The first-order chi connectivity index (χ1) is 9.03. The number of carbonyl (C=O) groups is 1. The monoisotopic (exact) mass is 264 g/mol. The molecular weight excluding hydrogens is 244 g/mol. The summed E-state index contributed by atoms with van der Waals surface area (Å²) in [5.74, 6) is 1.16. The van der Waals surface area contributed by atoms with E-state index in [1.807, 2.05) is 6.92 Å². The number of hydrogen-bond acceptors (Lipinski definition) is 4. The van der Waals surface area contributed by atoms with Gasteiger partial charge in [-0.2, -0.15) is 0 Å². The highest BCUT2D eigenvalue weighted by Gasteiger charge is 2.26. The van der Waals surface area contributed by atoms with E-state index in [0.29, 0.717) is 36.8 Å². The summed E-state index contributed by atoms with van der Waals surface area (Å²) < 4.78 is 11.1. The van der Waals surface area contributed by atoms with Gasteiger partial charge in [-0.05, 0) is 25.5 Å². The van der Waals surface area contributed by atoms with Gasteiger partial charge in [0.15, 0.2) is 11.5 Å². The van der Waals surface area contributed by atoms with Gasteiger partial charge in [0, 0.05) is 18.2 Å². The van der Waals surface area contributed by atoms with Gasteiger partial charge in [-0.3, -0.25) is 4.79 Å². The van der Waals surface area contributed by atoms with Gasteiger partial charge in [-0.15, -0.1) is 0 Å². The van der Waals surface area contributed by atoms with Crippen LogP contribution in [0.15, 0.2) is 18.2 Å². The molecule has 1 aromatic carbocycles. The van der Waals surface area contributed by atoms with Crippen LogP contribution in [0.25, 0.3) is 0 Å². The zero-order valence-electron chi connectivity index (χ0n) is 11.4. The zero-order chi connectivity index (χ0) is 13.9. The first-order valence-corrected chi connectivity index (χ1v) is 6.53. The maximum atomic E-state index is 12.0. The molecule has 0 aliphatic carbocycles. The predicted octanol–water partition coefficient (Wildman–Crippen LogP) is 1.91. The molecule has 0 saturated carbocycles. The highest BCUT2D eigenvalue weighted by Crippen LogP contribution is 2.32. The molecule has 0 saturated heterocycles. The lowest BCUT2D eigenvalue weighted by Crippen LogP contribution is -2.47. The molecular formula is C14H20N2O3. The Morgan fingerprint density at radius 3 is 2.74 bits per heavy atom. The number of carbonyl (C=O) groups excluding carboxylic acids is 1. The summed E-state index contributed by atoms with van der Waals surface area (Å²) in [6, 6.07) is 5.36. The molecule has 1 aliphatic rings. The van der Waals surface area contributed by atoms with Crippen LogP contribution in [0.1, 0.15) is 26.7 Å². The third-order valence-electron chi connectivity index (χ3n) is 3.26. The Kier molecular flexibility index (Phi) is 3.95. The Labute approximate surface area is 113 Å². The number of anilines is 1. The number of nitrogens with one attached hydrogen (secondary N) is 1. The van der Waals surface area contributed by atoms with E-state index >= 15 is 0 Å². The van der Waals surface area contributed by atoms with Crippen LogP contribution in [0.4, 0.5) is 5.69 Å². The summed E-state index contributed by atoms with van der Waals surface area (Å²) in [4.78, 5) is 12.0. The summed E-state index contributed by atoms with van der Waals surface area (Å²) in [5, 5.41) is 2.80. The predicted molar refractivity (Wildman–Crippen MR) is 73.6 cm³/mol. The molecule has 19 heavy (non-hydrogen) atoms. The molecule has 0 spiro atoms. The van der Waals surface area contributed by atoms with Crippen molar-refractivity contribution in [3.05, 3.63) is 18.2 Å². The van der Waals surface area contributed by atoms with Crippen molar-refractivity contribution in [2.45, 2.75) is 32.2 Å². The molecule has 1 aromatic rings. The summed E-state index contributed by atoms with van der Waals surface area (Å²) in [5.41, 5.74) is 5.70. The summed E-state index contributed by atoms with van der Waals surface area (Å²) in [7, 11) is 0. The number of rotatable bonds is 3. The number of amides is 1. The summed E-state index contributed by atoms with van der Waals surface area (Å²) in [6.07, 6.45) is 1.43. The molecule has 1 amide bonds. The summed E-state index contributed by atoms with van der Waals surface area (Å²) >= 11 is 0. The second kappa shape index (κ2) is 5.48. The van der Waals surface area contributed by atoms with E-state index in [1.165, 1.54) is 0 Å². The highest BCUT2D eigenvalue weighted by atomic mass is 16.5. The normalized spacial score (nSPS) is 17.2. The minimum absolute atomic E-state index is 0.204. The van der Waals surface area contributed by atoms with Crippen molar-refractivity contribution < 1.29 is 14.3 Å². The van der Waals surface area contributed by atoms with E-state index in [1.54, 1.807) is 25.1 Å². The molecule has 1 heterocycles. The fourth-order valence-corrected chi connectivity index (χ4v) is 1.68. The maximum absolute atomic E-state index is 12.0. The van der Waals surface area contributed by atoms with Crippen LogP contribution in [0.5, 0.6) is 11.5 Å². The first kappa shape index (κ1) is 13.7. The highest BCUT2D eigenvalue weighted by molar-refractivity contribution is 5.97. The van der Waals surface area contributed by atoms with E-state index in [0.717, 1.165) is 6.42 Å². The van der Waals surface area contributed by atoms with E-state index in [9.17, 15) is 4.79 Å². The quantitative estimate of drug-likeness (QED) is 0.874. The molecule has 0 fully saturated rings. The molecule has 5 nitrogen and oxygen atoms in total. The Morgan fingerprint density at radius 2 is 2.05 bits per heavy atom. The Hall–Kier alpha value is -1.75. The Balaban J connectivity index is 2.14. The number of fused-ring (bicyclic) bond motifs is 1. The Morgan fingerprint density at radius 1 is 1.37 bits per heavy atom. The van der Waals surface area contributed by atoms with Crippen LogP contribution in [-0.2, 0) is 4.79 Å². The van der Waals surface area contributed by atoms with Gasteiger partial charge < -0.3 is 20.5 Å². The standard InChI is InChI=1S/C14H20N2O3/c1-3-14(2,15)13(17)16-10-5-6-11-12(9-10)19-8-4-7-18-11/h5-6,9H,3-4,7-8,15H2,1-2H3,(H,16,17). The number of benzene rings is 1. The van der Waals surface area contributed by atoms with Gasteiger partial charge in [0.25, 0.3) is 0 Å². The molecule has 3 N–H and O–H groups in total. The second-order valence-corrected chi connectivity index (χ2v) is 4.94. The van der Waals surface area contributed by atoms with E-state index in [-0.39, 0.29) is 5.91 Å². The van der Waals surface area contributed by atoms with E-state index in [2.05, 4.69) is 5.32 Å². The van der Waals surface area contributed by atoms with Crippen LogP contribution < -0.4 is 20.5 Å². The van der Waals surface area contributed by atoms with Crippen LogP contribution in [0.2, 0.25) is 0 Å². The zero-order valence-corrected chi connectivity index (χ0v) is 11.4. The topological polar surface area (TPSA) is 73.6 Å². The third-order valence-corrected chi connectivity index (χ3v) is 3.26. The third kappa shape index (κ3) is 3.17. The van der Waals surface area contributed by atoms with Crippen molar-refractivity contribution in [3.8, 4) is 11.5 Å².